The number of rotatable bonds is 2. The fraction of sp³-hybridized carbons (Fsp3) is 0.167. The Morgan fingerprint density at radius 3 is 3.06 bits per heavy atom. The third-order valence-corrected chi connectivity index (χ3v) is 2.53. The topological polar surface area (TPSA) is 39.2 Å². The van der Waals surface area contributed by atoms with Crippen molar-refractivity contribution in [3.8, 4) is 0 Å². The molecular formula is C12H10ClNO2. The second kappa shape index (κ2) is 4.49. The van der Waals surface area contributed by atoms with Crippen LogP contribution in [0.15, 0.2) is 30.5 Å². The number of nitrogens with zero attached hydrogens (tertiary/aromatic N) is 1. The van der Waals surface area contributed by atoms with Crippen molar-refractivity contribution in [1.82, 2.24) is 4.98 Å². The molecule has 0 amide bonds. The lowest BCUT2D eigenvalue weighted by molar-refractivity contribution is -0.139. The normalized spacial score (nSPS) is 10.4. The van der Waals surface area contributed by atoms with Gasteiger partial charge in [0.1, 0.15) is 0 Å². The van der Waals surface area contributed by atoms with E-state index in [0.29, 0.717) is 5.02 Å². The third-order valence-electron chi connectivity index (χ3n) is 2.31. The van der Waals surface area contributed by atoms with Crippen molar-refractivity contribution < 1.29 is 9.53 Å². The van der Waals surface area contributed by atoms with Crippen LogP contribution in [-0.4, -0.2) is 18.1 Å². The number of esters is 1. The van der Waals surface area contributed by atoms with E-state index in [9.17, 15) is 4.79 Å². The summed E-state index contributed by atoms with van der Waals surface area (Å²) in [5, 5.41) is 1.52. The highest BCUT2D eigenvalue weighted by molar-refractivity contribution is 6.31. The quantitative estimate of drug-likeness (QED) is 0.751. The SMILES string of the molecule is COC(=O)Cc1cc(Cl)cc2cccnc12. The average molecular weight is 236 g/mol. The Balaban J connectivity index is 2.54. The number of hydrogen-bond donors (Lipinski definition) is 0. The van der Waals surface area contributed by atoms with Crippen molar-refractivity contribution in [2.45, 2.75) is 6.42 Å². The van der Waals surface area contributed by atoms with Crippen LogP contribution in [0.4, 0.5) is 0 Å². The molecule has 0 radical (unpaired) electrons. The summed E-state index contributed by atoms with van der Waals surface area (Å²) in [6, 6.07) is 7.31. The second-order valence-corrected chi connectivity index (χ2v) is 3.83. The number of methoxy groups -OCH3 is 1. The summed E-state index contributed by atoms with van der Waals surface area (Å²) in [5.41, 5.74) is 1.58. The lowest BCUT2D eigenvalue weighted by Crippen LogP contribution is -2.05. The molecule has 0 spiro atoms. The molecule has 0 saturated carbocycles. The highest BCUT2D eigenvalue weighted by Gasteiger charge is 2.09. The first-order valence-electron chi connectivity index (χ1n) is 4.80. The number of aromatic nitrogens is 1. The van der Waals surface area contributed by atoms with E-state index in [1.807, 2.05) is 18.2 Å². The molecule has 4 heteroatoms. The summed E-state index contributed by atoms with van der Waals surface area (Å²) in [5.74, 6) is -0.297. The number of pyridine rings is 1. The Labute approximate surface area is 98.0 Å². The molecule has 1 aromatic carbocycles. The molecule has 0 aliphatic carbocycles. The van der Waals surface area contributed by atoms with Gasteiger partial charge in [0.05, 0.1) is 19.0 Å². The highest BCUT2D eigenvalue weighted by atomic mass is 35.5. The molecule has 1 aromatic heterocycles. The molecule has 82 valence electrons. The molecule has 0 unspecified atom stereocenters. The van der Waals surface area contributed by atoms with E-state index in [2.05, 4.69) is 9.72 Å². The van der Waals surface area contributed by atoms with Gasteiger partial charge in [0.2, 0.25) is 0 Å². The molecule has 3 nitrogen and oxygen atoms in total. The standard InChI is InChI=1S/C12H10ClNO2/c1-16-11(15)7-9-6-10(13)5-8-3-2-4-14-12(8)9/h2-6H,7H2,1H3. The smallest absolute Gasteiger partial charge is 0.310 e. The molecule has 0 atom stereocenters. The number of hydrogen-bond acceptors (Lipinski definition) is 3. The molecule has 0 aliphatic rings. The van der Waals surface area contributed by atoms with Gasteiger partial charge < -0.3 is 4.74 Å². The van der Waals surface area contributed by atoms with Crippen molar-refractivity contribution in [2.24, 2.45) is 0 Å². The lowest BCUT2D eigenvalue weighted by Gasteiger charge is -2.05. The van der Waals surface area contributed by atoms with Crippen LogP contribution in [0.2, 0.25) is 5.02 Å². The zero-order chi connectivity index (χ0) is 11.5. The van der Waals surface area contributed by atoms with Crippen molar-refractivity contribution in [3.05, 3.63) is 41.0 Å². The van der Waals surface area contributed by atoms with Crippen LogP contribution in [0, 0.1) is 0 Å². The molecule has 0 fully saturated rings. The van der Waals surface area contributed by atoms with Gasteiger partial charge in [-0.2, -0.15) is 0 Å². The Morgan fingerprint density at radius 1 is 1.50 bits per heavy atom. The minimum atomic E-state index is -0.297. The van der Waals surface area contributed by atoms with Gasteiger partial charge in [0, 0.05) is 16.6 Å². The van der Waals surface area contributed by atoms with E-state index in [0.717, 1.165) is 16.5 Å². The van der Waals surface area contributed by atoms with E-state index < -0.39 is 0 Å². The Hall–Kier alpha value is -1.61. The number of benzene rings is 1. The van der Waals surface area contributed by atoms with E-state index in [4.69, 9.17) is 11.6 Å². The largest absolute Gasteiger partial charge is 0.469 e. The van der Waals surface area contributed by atoms with Crippen molar-refractivity contribution in [1.29, 1.82) is 0 Å². The Kier molecular flexibility index (Phi) is 3.06. The molecule has 2 aromatic rings. The summed E-state index contributed by atoms with van der Waals surface area (Å²) < 4.78 is 4.63. The maximum absolute atomic E-state index is 11.2. The molecule has 0 N–H and O–H groups in total. The van der Waals surface area contributed by atoms with Crippen molar-refractivity contribution >= 4 is 28.5 Å². The maximum Gasteiger partial charge on any atom is 0.310 e. The van der Waals surface area contributed by atoms with Gasteiger partial charge >= 0.3 is 5.97 Å². The fourth-order valence-corrected chi connectivity index (χ4v) is 1.84. The minimum absolute atomic E-state index is 0.185. The summed E-state index contributed by atoms with van der Waals surface area (Å²) in [6.07, 6.45) is 1.88. The van der Waals surface area contributed by atoms with E-state index >= 15 is 0 Å². The van der Waals surface area contributed by atoms with Crippen LogP contribution < -0.4 is 0 Å². The second-order valence-electron chi connectivity index (χ2n) is 3.39. The van der Waals surface area contributed by atoms with Crippen LogP contribution in [0.1, 0.15) is 5.56 Å². The van der Waals surface area contributed by atoms with Crippen LogP contribution >= 0.6 is 11.6 Å². The zero-order valence-corrected chi connectivity index (χ0v) is 9.49. The highest BCUT2D eigenvalue weighted by Crippen LogP contribution is 2.22. The van der Waals surface area contributed by atoms with Gasteiger partial charge in [-0.1, -0.05) is 17.7 Å². The minimum Gasteiger partial charge on any atom is -0.469 e. The Morgan fingerprint density at radius 2 is 2.31 bits per heavy atom. The van der Waals surface area contributed by atoms with E-state index in [1.54, 1.807) is 12.3 Å². The predicted octanol–water partition coefficient (Wildman–Crippen LogP) is 2.60. The summed E-state index contributed by atoms with van der Waals surface area (Å²) in [7, 11) is 1.36. The summed E-state index contributed by atoms with van der Waals surface area (Å²) in [4.78, 5) is 15.5. The van der Waals surface area contributed by atoms with Gasteiger partial charge in [0.15, 0.2) is 0 Å². The van der Waals surface area contributed by atoms with Gasteiger partial charge in [0.25, 0.3) is 0 Å². The molecule has 0 saturated heterocycles. The molecule has 16 heavy (non-hydrogen) atoms. The first kappa shape index (κ1) is 10.9. The van der Waals surface area contributed by atoms with Crippen LogP contribution in [0.25, 0.3) is 10.9 Å². The predicted molar refractivity (Wildman–Crippen MR) is 62.5 cm³/mol. The Bertz CT molecular complexity index is 540. The van der Waals surface area contributed by atoms with Crippen LogP contribution in [-0.2, 0) is 16.0 Å². The van der Waals surface area contributed by atoms with Gasteiger partial charge in [-0.25, -0.2) is 0 Å². The zero-order valence-electron chi connectivity index (χ0n) is 8.74. The first-order valence-corrected chi connectivity index (χ1v) is 5.18. The van der Waals surface area contributed by atoms with Gasteiger partial charge in [-0.3, -0.25) is 9.78 Å². The maximum atomic E-state index is 11.2. The van der Waals surface area contributed by atoms with Gasteiger partial charge in [-0.15, -0.1) is 0 Å². The molecule has 0 bridgehead atoms. The van der Waals surface area contributed by atoms with Crippen LogP contribution in [0.5, 0.6) is 0 Å². The summed E-state index contributed by atoms with van der Waals surface area (Å²) in [6.45, 7) is 0. The number of fused-ring (bicyclic) bond motifs is 1. The third kappa shape index (κ3) is 2.14. The first-order chi connectivity index (χ1) is 7.70. The molecule has 1 heterocycles. The molecule has 0 aliphatic heterocycles. The van der Waals surface area contributed by atoms with Crippen molar-refractivity contribution in [3.63, 3.8) is 0 Å². The average Bonchev–Trinajstić information content (AvgIpc) is 2.28. The number of ether oxygens (including phenoxy) is 1. The van der Waals surface area contributed by atoms with Crippen LogP contribution in [0.3, 0.4) is 0 Å². The van der Waals surface area contributed by atoms with Gasteiger partial charge in [-0.05, 0) is 23.8 Å². The van der Waals surface area contributed by atoms with E-state index in [1.165, 1.54) is 7.11 Å². The molecular weight excluding hydrogens is 226 g/mol. The monoisotopic (exact) mass is 235 g/mol. The summed E-state index contributed by atoms with van der Waals surface area (Å²) >= 11 is 5.97. The molecule has 2 rings (SSSR count). The lowest BCUT2D eigenvalue weighted by atomic mass is 10.1. The fourth-order valence-electron chi connectivity index (χ4n) is 1.59. The number of halogens is 1. The number of carbonyl (C=O) groups excluding carboxylic acids is 1. The van der Waals surface area contributed by atoms with E-state index in [-0.39, 0.29) is 12.4 Å². The van der Waals surface area contributed by atoms with Crippen molar-refractivity contribution in [2.75, 3.05) is 7.11 Å². The number of carbonyl (C=O) groups is 1.